The van der Waals surface area contributed by atoms with Crippen LogP contribution in [0, 0.1) is 0 Å². The standard InChI is InChI=1S/C2H4O2.H4NOP/c1-2(3)4;2-1-3/h1H3,(H,3,4);1-2H,3H2. The number of carbonyl (C=O) groups is 1. The maximum absolute atomic E-state index is 9.00. The maximum atomic E-state index is 9.00. The molecule has 1 atom stereocenters. The van der Waals surface area contributed by atoms with Gasteiger partial charge in [0.25, 0.3) is 5.97 Å². The second kappa shape index (κ2) is 9.27. The van der Waals surface area contributed by atoms with Crippen LogP contribution in [-0.2, 0) is 4.79 Å². The molecule has 0 aromatic heterocycles. The van der Waals surface area contributed by atoms with Crippen molar-refractivity contribution in [1.29, 1.82) is 0 Å². The van der Waals surface area contributed by atoms with Gasteiger partial charge in [0.1, 0.15) is 0 Å². The normalized spacial score (nSPS) is 6.14. The second-order valence-corrected chi connectivity index (χ2v) is 0.906. The van der Waals surface area contributed by atoms with Gasteiger partial charge in [-0.25, -0.2) is 0 Å². The van der Waals surface area contributed by atoms with Crippen LogP contribution in [0.4, 0.5) is 0 Å². The summed E-state index contributed by atoms with van der Waals surface area (Å²) in [4.78, 5) is 9.00. The highest BCUT2D eigenvalue weighted by Gasteiger charge is 1.65. The first kappa shape index (κ1) is 9.94. The maximum Gasteiger partial charge on any atom is 0.300 e. The first-order valence-corrected chi connectivity index (χ1v) is 2.02. The monoisotopic (exact) mass is 125 g/mol. The van der Waals surface area contributed by atoms with Gasteiger partial charge >= 0.3 is 0 Å². The van der Waals surface area contributed by atoms with Gasteiger partial charge in [0.2, 0.25) is 0 Å². The third kappa shape index (κ3) is 2620. The fourth-order valence-corrected chi connectivity index (χ4v) is 0. The molecule has 0 spiro atoms. The van der Waals surface area contributed by atoms with Gasteiger partial charge in [-0.3, -0.25) is 4.79 Å². The molecule has 0 aromatic carbocycles. The van der Waals surface area contributed by atoms with Crippen LogP contribution in [0.2, 0.25) is 0 Å². The van der Waals surface area contributed by atoms with Crippen molar-refractivity contribution in [1.82, 2.24) is 5.25 Å². The number of nitrogens with one attached hydrogen (secondary N) is 1. The Bertz CT molecular complexity index is 44.2. The third-order valence-corrected chi connectivity index (χ3v) is 0. The zero-order chi connectivity index (χ0) is 6.28. The van der Waals surface area contributed by atoms with E-state index < -0.39 is 5.97 Å². The van der Waals surface area contributed by atoms with Crippen molar-refractivity contribution in [3.63, 3.8) is 0 Å². The van der Waals surface area contributed by atoms with Gasteiger partial charge in [-0.15, -0.1) is 0 Å². The van der Waals surface area contributed by atoms with Crippen LogP contribution in [-0.4, -0.2) is 16.3 Å². The largest absolute Gasteiger partial charge is 0.481 e. The lowest BCUT2D eigenvalue weighted by Gasteiger charge is -1.60. The van der Waals surface area contributed by atoms with Crippen molar-refractivity contribution >= 4 is 15.4 Å². The molecular formula is C2H8NO3P. The summed E-state index contributed by atoms with van der Waals surface area (Å²) < 4.78 is 0. The summed E-state index contributed by atoms with van der Waals surface area (Å²) in [6.07, 6.45) is 0. The summed E-state index contributed by atoms with van der Waals surface area (Å²) in [6, 6.07) is 0. The number of rotatable bonds is 0. The Morgan fingerprint density at radius 3 is 1.86 bits per heavy atom. The minimum absolute atomic E-state index is 0.833. The SMILES string of the molecule is CC(=O)O.ONP. The molecule has 3 N–H and O–H groups in total. The Kier molecular flexibility index (Phi) is 13.2. The minimum Gasteiger partial charge on any atom is -0.481 e. The van der Waals surface area contributed by atoms with Gasteiger partial charge in [-0.05, 0) is 9.39 Å². The van der Waals surface area contributed by atoms with Gasteiger partial charge in [0, 0.05) is 6.92 Å². The van der Waals surface area contributed by atoms with Crippen molar-refractivity contribution in [2.45, 2.75) is 6.92 Å². The van der Waals surface area contributed by atoms with E-state index in [1.54, 1.807) is 5.25 Å². The predicted octanol–water partition coefficient (Wildman–Crippen LogP) is -0.154. The van der Waals surface area contributed by atoms with E-state index in [0.29, 0.717) is 0 Å². The molecule has 7 heavy (non-hydrogen) atoms. The van der Waals surface area contributed by atoms with Crippen molar-refractivity contribution in [2.75, 3.05) is 0 Å². The molecule has 0 heterocycles. The molecule has 5 heteroatoms. The lowest BCUT2D eigenvalue weighted by atomic mass is 10.9. The van der Waals surface area contributed by atoms with Gasteiger partial charge in [0.15, 0.2) is 0 Å². The average Bonchev–Trinajstić information content (AvgIpc) is 1.33. The van der Waals surface area contributed by atoms with E-state index >= 15 is 0 Å². The van der Waals surface area contributed by atoms with Gasteiger partial charge in [-0.1, -0.05) is 0 Å². The van der Waals surface area contributed by atoms with Gasteiger partial charge in [0.05, 0.1) is 0 Å². The van der Waals surface area contributed by atoms with Crippen LogP contribution >= 0.6 is 9.39 Å². The molecule has 0 bridgehead atoms. The zero-order valence-corrected chi connectivity index (χ0v) is 5.03. The number of aliphatic carboxylic acids is 1. The number of carboxylic acid groups (broad SMARTS) is 1. The lowest BCUT2D eigenvalue weighted by Crippen LogP contribution is -1.78. The summed E-state index contributed by atoms with van der Waals surface area (Å²) >= 11 is 0. The first-order chi connectivity index (χ1) is 3.15. The summed E-state index contributed by atoms with van der Waals surface area (Å²) in [5.41, 5.74) is 0. The van der Waals surface area contributed by atoms with E-state index in [1.807, 2.05) is 9.39 Å². The third-order valence-electron chi connectivity index (χ3n) is 0. The van der Waals surface area contributed by atoms with Crippen LogP contribution in [0.15, 0.2) is 0 Å². The topological polar surface area (TPSA) is 69.6 Å². The Labute approximate surface area is 43.8 Å². The summed E-state index contributed by atoms with van der Waals surface area (Å²) in [5.74, 6) is -0.833. The van der Waals surface area contributed by atoms with Gasteiger partial charge in [-0.2, -0.15) is 5.25 Å². The van der Waals surface area contributed by atoms with E-state index in [4.69, 9.17) is 15.1 Å². The van der Waals surface area contributed by atoms with Crippen molar-refractivity contribution in [2.24, 2.45) is 0 Å². The van der Waals surface area contributed by atoms with Crippen LogP contribution in [0.3, 0.4) is 0 Å². The first-order valence-electron chi connectivity index (χ1n) is 1.44. The van der Waals surface area contributed by atoms with E-state index in [9.17, 15) is 0 Å². The Balaban J connectivity index is 0. The number of hydrogen-bond acceptors (Lipinski definition) is 3. The lowest BCUT2D eigenvalue weighted by molar-refractivity contribution is -0.134. The minimum atomic E-state index is -0.833. The Morgan fingerprint density at radius 1 is 1.86 bits per heavy atom. The smallest absolute Gasteiger partial charge is 0.300 e. The molecule has 0 amide bonds. The highest BCUT2D eigenvalue weighted by atomic mass is 31.0. The molecule has 0 aliphatic carbocycles. The second-order valence-electron chi connectivity index (χ2n) is 0.648. The molecular weight excluding hydrogens is 117 g/mol. The van der Waals surface area contributed by atoms with Crippen molar-refractivity contribution < 1.29 is 15.1 Å². The van der Waals surface area contributed by atoms with Crippen molar-refractivity contribution in [3.05, 3.63) is 0 Å². The summed E-state index contributed by atoms with van der Waals surface area (Å²) in [7, 11) is 1.88. The highest BCUT2D eigenvalue weighted by Crippen LogP contribution is 1.48. The molecule has 0 aliphatic rings. The van der Waals surface area contributed by atoms with E-state index in [1.165, 1.54) is 0 Å². The Hall–Kier alpha value is -0.180. The molecule has 0 aliphatic heterocycles. The van der Waals surface area contributed by atoms with E-state index in [0.717, 1.165) is 6.92 Å². The molecule has 0 saturated carbocycles. The fraction of sp³-hybridized carbons (Fsp3) is 0.500. The van der Waals surface area contributed by atoms with Crippen LogP contribution in [0.5, 0.6) is 0 Å². The van der Waals surface area contributed by atoms with Gasteiger partial charge < -0.3 is 10.3 Å². The van der Waals surface area contributed by atoms with E-state index in [-0.39, 0.29) is 0 Å². The zero-order valence-electron chi connectivity index (χ0n) is 3.88. The highest BCUT2D eigenvalue weighted by molar-refractivity contribution is 7.13. The average molecular weight is 125 g/mol. The molecule has 0 saturated heterocycles. The van der Waals surface area contributed by atoms with Crippen LogP contribution < -0.4 is 5.25 Å². The molecule has 4 nitrogen and oxygen atoms in total. The van der Waals surface area contributed by atoms with E-state index in [2.05, 4.69) is 0 Å². The number of carboxylic acids is 1. The van der Waals surface area contributed by atoms with Crippen molar-refractivity contribution in [3.8, 4) is 0 Å². The number of hydrogen-bond donors (Lipinski definition) is 3. The van der Waals surface area contributed by atoms with Crippen LogP contribution in [0.1, 0.15) is 6.92 Å². The summed E-state index contributed by atoms with van der Waals surface area (Å²) in [5, 5.41) is 16.4. The fourth-order valence-electron chi connectivity index (χ4n) is 0. The Morgan fingerprint density at radius 2 is 1.86 bits per heavy atom. The molecule has 0 fully saturated rings. The predicted molar refractivity (Wildman–Crippen MR) is 27.9 cm³/mol. The molecule has 0 radical (unpaired) electrons. The van der Waals surface area contributed by atoms with Crippen LogP contribution in [0.25, 0.3) is 0 Å². The quantitative estimate of drug-likeness (QED) is 0.311. The molecule has 0 rings (SSSR count). The molecule has 0 aromatic rings. The molecule has 44 valence electrons. The molecule has 1 unspecified atom stereocenters. The summed E-state index contributed by atoms with van der Waals surface area (Å²) in [6.45, 7) is 1.08.